The Balaban J connectivity index is 0.000000217. The average molecular weight is 310 g/mol. The van der Waals surface area contributed by atoms with Crippen molar-refractivity contribution in [1.82, 2.24) is 4.98 Å². The van der Waals surface area contributed by atoms with E-state index in [1.807, 2.05) is 24.5 Å². The highest BCUT2D eigenvalue weighted by molar-refractivity contribution is 5.73. The number of hydrogen-bond acceptors (Lipinski definition) is 3. The molecule has 22 heavy (non-hydrogen) atoms. The first-order valence-corrected chi connectivity index (χ1v) is 6.45. The molecule has 3 rings (SSSR count). The number of fused-ring (bicyclic) bond motifs is 1. The lowest BCUT2D eigenvalue weighted by molar-refractivity contribution is -0.192. The highest BCUT2D eigenvalue weighted by Gasteiger charge is 2.38. The van der Waals surface area contributed by atoms with Gasteiger partial charge in [0.1, 0.15) is 0 Å². The first-order valence-electron chi connectivity index (χ1n) is 6.45. The van der Waals surface area contributed by atoms with Gasteiger partial charge >= 0.3 is 12.1 Å². The molecule has 2 N–H and O–H groups in total. The van der Waals surface area contributed by atoms with Crippen molar-refractivity contribution in [2.75, 3.05) is 11.9 Å². The molecule has 0 amide bonds. The van der Waals surface area contributed by atoms with Gasteiger partial charge in [0.15, 0.2) is 0 Å². The van der Waals surface area contributed by atoms with Crippen molar-refractivity contribution in [3.63, 3.8) is 0 Å². The first kappa shape index (κ1) is 15.8. The minimum atomic E-state index is -5.08. The van der Waals surface area contributed by atoms with Crippen molar-refractivity contribution in [1.29, 1.82) is 0 Å². The number of alkyl halides is 3. The molecule has 1 aliphatic heterocycles. The molecule has 0 aliphatic carbocycles. The van der Waals surface area contributed by atoms with Crippen LogP contribution < -0.4 is 5.32 Å². The van der Waals surface area contributed by atoms with Gasteiger partial charge in [0.25, 0.3) is 0 Å². The summed E-state index contributed by atoms with van der Waals surface area (Å²) in [5.74, 6) is -2.76. The predicted molar refractivity (Wildman–Crippen MR) is 75.6 cm³/mol. The lowest BCUT2D eigenvalue weighted by atomic mass is 10.0. The van der Waals surface area contributed by atoms with Gasteiger partial charge in [-0.1, -0.05) is 12.1 Å². The molecule has 0 saturated heterocycles. The Morgan fingerprint density at radius 1 is 1.14 bits per heavy atom. The number of carbonyl (C=O) groups is 1. The fourth-order valence-electron chi connectivity index (χ4n) is 2.01. The van der Waals surface area contributed by atoms with Gasteiger partial charge in [0.2, 0.25) is 0 Å². The van der Waals surface area contributed by atoms with Gasteiger partial charge < -0.3 is 10.4 Å². The van der Waals surface area contributed by atoms with Gasteiger partial charge in [0.05, 0.1) is 0 Å². The quantitative estimate of drug-likeness (QED) is 0.848. The molecule has 7 heteroatoms. The number of nitrogens with zero attached hydrogens (tertiary/aromatic N) is 1. The normalized spacial score (nSPS) is 12.7. The molecule has 0 radical (unpaired) electrons. The van der Waals surface area contributed by atoms with E-state index in [-0.39, 0.29) is 0 Å². The molecular weight excluding hydrogens is 297 g/mol. The molecule has 1 aliphatic rings. The minimum Gasteiger partial charge on any atom is -0.475 e. The standard InChI is InChI=1S/C13H12N2.C2HF3O2/c1-2-12(10-3-6-14-7-4-10)9-13-11(1)5-8-15-13;3-2(4,5)1(6)7/h1-4,6-7,9,15H,5,8H2;(H,6,7). The molecule has 0 saturated carbocycles. The molecule has 0 spiro atoms. The predicted octanol–water partition coefficient (Wildman–Crippen LogP) is 3.35. The van der Waals surface area contributed by atoms with Crippen LogP contribution in [0, 0.1) is 0 Å². The Labute approximate surface area is 124 Å². The number of pyridine rings is 1. The number of benzene rings is 1. The molecular formula is C15H13F3N2O2. The summed E-state index contributed by atoms with van der Waals surface area (Å²) in [4.78, 5) is 12.9. The van der Waals surface area contributed by atoms with Crippen molar-refractivity contribution in [2.45, 2.75) is 12.6 Å². The van der Waals surface area contributed by atoms with E-state index >= 15 is 0 Å². The van der Waals surface area contributed by atoms with Crippen LogP contribution >= 0.6 is 0 Å². The van der Waals surface area contributed by atoms with Crippen molar-refractivity contribution in [3.8, 4) is 11.1 Å². The SMILES string of the molecule is O=C(O)C(F)(F)F.c1cc(-c2ccc3c(c2)NCC3)ccn1. The van der Waals surface area contributed by atoms with Crippen molar-refractivity contribution in [3.05, 3.63) is 48.3 Å². The summed E-state index contributed by atoms with van der Waals surface area (Å²) in [7, 11) is 0. The molecule has 0 atom stereocenters. The fourth-order valence-corrected chi connectivity index (χ4v) is 2.01. The highest BCUT2D eigenvalue weighted by Crippen LogP contribution is 2.28. The molecule has 0 bridgehead atoms. The fraction of sp³-hybridized carbons (Fsp3) is 0.200. The maximum atomic E-state index is 10.6. The molecule has 1 aromatic heterocycles. The average Bonchev–Trinajstić information content (AvgIpc) is 2.95. The van der Waals surface area contributed by atoms with E-state index in [9.17, 15) is 13.2 Å². The summed E-state index contributed by atoms with van der Waals surface area (Å²) < 4.78 is 31.7. The van der Waals surface area contributed by atoms with Gasteiger partial charge in [-0.15, -0.1) is 0 Å². The smallest absolute Gasteiger partial charge is 0.475 e. The molecule has 0 unspecified atom stereocenters. The van der Waals surface area contributed by atoms with E-state index in [2.05, 4.69) is 28.5 Å². The summed E-state index contributed by atoms with van der Waals surface area (Å²) in [6, 6.07) is 10.7. The number of aromatic nitrogens is 1. The van der Waals surface area contributed by atoms with E-state index in [0.717, 1.165) is 13.0 Å². The van der Waals surface area contributed by atoms with Crippen molar-refractivity contribution in [2.24, 2.45) is 0 Å². The maximum Gasteiger partial charge on any atom is 0.490 e. The van der Waals surface area contributed by atoms with Crippen LogP contribution in [0.15, 0.2) is 42.7 Å². The molecule has 1 aromatic carbocycles. The zero-order valence-corrected chi connectivity index (χ0v) is 11.4. The van der Waals surface area contributed by atoms with Gasteiger partial charge in [0, 0.05) is 24.6 Å². The van der Waals surface area contributed by atoms with Crippen molar-refractivity contribution < 1.29 is 23.1 Å². The van der Waals surface area contributed by atoms with Crippen LogP contribution in [-0.2, 0) is 11.2 Å². The van der Waals surface area contributed by atoms with Crippen molar-refractivity contribution >= 4 is 11.7 Å². The summed E-state index contributed by atoms with van der Waals surface area (Å²) >= 11 is 0. The largest absolute Gasteiger partial charge is 0.490 e. The van der Waals surface area contributed by atoms with E-state index in [1.165, 1.54) is 22.4 Å². The lowest BCUT2D eigenvalue weighted by Gasteiger charge is -2.04. The van der Waals surface area contributed by atoms with Gasteiger partial charge in [-0.25, -0.2) is 4.79 Å². The highest BCUT2D eigenvalue weighted by atomic mass is 19.4. The number of anilines is 1. The second-order valence-corrected chi connectivity index (χ2v) is 4.59. The van der Waals surface area contributed by atoms with E-state index in [0.29, 0.717) is 0 Å². The Morgan fingerprint density at radius 2 is 1.77 bits per heavy atom. The number of carboxylic acids is 1. The number of halogens is 3. The van der Waals surface area contributed by atoms with E-state index < -0.39 is 12.1 Å². The van der Waals surface area contributed by atoms with Gasteiger partial charge in [-0.3, -0.25) is 4.98 Å². The summed E-state index contributed by atoms with van der Waals surface area (Å²) in [5.41, 5.74) is 5.18. The number of carboxylic acid groups (broad SMARTS) is 1. The summed E-state index contributed by atoms with van der Waals surface area (Å²) in [6.45, 7) is 1.06. The zero-order chi connectivity index (χ0) is 16.2. The van der Waals surface area contributed by atoms with E-state index in [4.69, 9.17) is 9.90 Å². The summed E-state index contributed by atoms with van der Waals surface area (Å²) in [6.07, 6.45) is -0.280. The van der Waals surface area contributed by atoms with Gasteiger partial charge in [-0.05, 0) is 41.3 Å². The van der Waals surface area contributed by atoms with E-state index in [1.54, 1.807) is 0 Å². The Bertz CT molecular complexity index is 658. The van der Waals surface area contributed by atoms with Crippen LogP contribution in [0.1, 0.15) is 5.56 Å². The number of hydrogen-bond donors (Lipinski definition) is 2. The Morgan fingerprint density at radius 3 is 2.36 bits per heavy atom. The van der Waals surface area contributed by atoms with Gasteiger partial charge in [-0.2, -0.15) is 13.2 Å². The number of rotatable bonds is 1. The monoisotopic (exact) mass is 310 g/mol. The maximum absolute atomic E-state index is 10.6. The topological polar surface area (TPSA) is 62.2 Å². The molecule has 116 valence electrons. The third-order valence-corrected chi connectivity index (χ3v) is 3.08. The lowest BCUT2D eigenvalue weighted by Crippen LogP contribution is -2.21. The van der Waals surface area contributed by atoms with Crippen LogP contribution in [0.4, 0.5) is 18.9 Å². The second-order valence-electron chi connectivity index (χ2n) is 4.59. The number of aliphatic carboxylic acids is 1. The van der Waals surface area contributed by atoms with Crippen LogP contribution in [0.25, 0.3) is 11.1 Å². The summed E-state index contributed by atoms with van der Waals surface area (Å²) in [5, 5.41) is 10.5. The zero-order valence-electron chi connectivity index (χ0n) is 11.4. The molecule has 2 aromatic rings. The molecule has 4 nitrogen and oxygen atoms in total. The minimum absolute atomic E-state index is 1.06. The van der Waals surface area contributed by atoms with Crippen LogP contribution in [0.2, 0.25) is 0 Å². The third kappa shape index (κ3) is 3.97. The van der Waals surface area contributed by atoms with Crippen LogP contribution in [-0.4, -0.2) is 28.8 Å². The molecule has 2 heterocycles. The third-order valence-electron chi connectivity index (χ3n) is 3.08. The first-order chi connectivity index (χ1) is 10.4. The number of nitrogens with one attached hydrogen (secondary N) is 1. The van der Waals surface area contributed by atoms with Crippen LogP contribution in [0.5, 0.6) is 0 Å². The Hall–Kier alpha value is -2.57. The Kier molecular flexibility index (Phi) is 4.65. The second kappa shape index (κ2) is 6.46. The van der Waals surface area contributed by atoms with Crippen LogP contribution in [0.3, 0.4) is 0 Å². The molecule has 0 fully saturated rings.